The van der Waals surface area contributed by atoms with E-state index < -0.39 is 0 Å². The molecule has 1 N–H and O–H groups in total. The van der Waals surface area contributed by atoms with Gasteiger partial charge in [0.15, 0.2) is 0 Å². The summed E-state index contributed by atoms with van der Waals surface area (Å²) in [6, 6.07) is 21.7. The summed E-state index contributed by atoms with van der Waals surface area (Å²) >= 11 is 6.08. The molecular weight excluding hydrogens is 278 g/mol. The molecule has 0 aliphatic heterocycles. The number of benzene rings is 3. The number of rotatable bonds is 2. The molecule has 1 aliphatic carbocycles. The molecule has 1 aliphatic rings. The highest BCUT2D eigenvalue weighted by atomic mass is 35.5. The molecule has 0 fully saturated rings. The lowest BCUT2D eigenvalue weighted by molar-refractivity contribution is 0.774. The standard InChI is InChI=1S/C19H16ClN/c20-17-7-5-15-11-19(12-16(15)9-17)21-18-8-6-13-3-1-2-4-14(13)10-18/h1-10,19,21H,11-12H2. The number of anilines is 1. The molecule has 3 aromatic rings. The second kappa shape index (κ2) is 5.09. The van der Waals surface area contributed by atoms with Crippen molar-refractivity contribution in [1.82, 2.24) is 0 Å². The van der Waals surface area contributed by atoms with Gasteiger partial charge >= 0.3 is 0 Å². The fourth-order valence-corrected chi connectivity index (χ4v) is 3.40. The van der Waals surface area contributed by atoms with E-state index in [-0.39, 0.29) is 0 Å². The Morgan fingerprint density at radius 2 is 1.62 bits per heavy atom. The lowest BCUT2D eigenvalue weighted by Crippen LogP contribution is -2.19. The van der Waals surface area contributed by atoms with E-state index >= 15 is 0 Å². The van der Waals surface area contributed by atoms with Crippen LogP contribution in [0.3, 0.4) is 0 Å². The minimum absolute atomic E-state index is 0.458. The summed E-state index contributed by atoms with van der Waals surface area (Å²) in [6.07, 6.45) is 2.11. The summed E-state index contributed by atoms with van der Waals surface area (Å²) in [5, 5.41) is 7.05. The van der Waals surface area contributed by atoms with Gasteiger partial charge in [0, 0.05) is 16.8 Å². The largest absolute Gasteiger partial charge is 0.382 e. The maximum atomic E-state index is 6.08. The van der Waals surface area contributed by atoms with Gasteiger partial charge in [-0.25, -0.2) is 0 Å². The van der Waals surface area contributed by atoms with Crippen LogP contribution >= 0.6 is 11.6 Å². The zero-order valence-electron chi connectivity index (χ0n) is 11.6. The van der Waals surface area contributed by atoms with Crippen molar-refractivity contribution in [1.29, 1.82) is 0 Å². The molecule has 0 spiro atoms. The third-order valence-corrected chi connectivity index (χ3v) is 4.46. The summed E-state index contributed by atoms with van der Waals surface area (Å²) in [4.78, 5) is 0. The number of nitrogens with one attached hydrogen (secondary N) is 1. The Labute approximate surface area is 129 Å². The maximum Gasteiger partial charge on any atom is 0.0408 e. The van der Waals surface area contributed by atoms with Gasteiger partial charge in [0.1, 0.15) is 0 Å². The van der Waals surface area contributed by atoms with E-state index in [0.717, 1.165) is 17.9 Å². The molecule has 0 heterocycles. The van der Waals surface area contributed by atoms with Crippen molar-refractivity contribution >= 4 is 28.1 Å². The Hall–Kier alpha value is -1.99. The van der Waals surface area contributed by atoms with Crippen LogP contribution in [0, 0.1) is 0 Å². The Morgan fingerprint density at radius 1 is 0.810 bits per heavy atom. The number of fused-ring (bicyclic) bond motifs is 2. The summed E-state index contributed by atoms with van der Waals surface area (Å²) in [5.41, 5.74) is 3.98. The van der Waals surface area contributed by atoms with E-state index in [9.17, 15) is 0 Å². The van der Waals surface area contributed by atoms with Gasteiger partial charge in [-0.05, 0) is 59.0 Å². The monoisotopic (exact) mass is 293 g/mol. The van der Waals surface area contributed by atoms with Crippen LogP contribution in [-0.4, -0.2) is 6.04 Å². The lowest BCUT2D eigenvalue weighted by atomic mass is 10.1. The lowest BCUT2D eigenvalue weighted by Gasteiger charge is -2.14. The van der Waals surface area contributed by atoms with Crippen molar-refractivity contribution in [2.75, 3.05) is 5.32 Å². The van der Waals surface area contributed by atoms with Crippen molar-refractivity contribution in [3.05, 3.63) is 76.8 Å². The molecule has 0 saturated carbocycles. The first-order valence-electron chi connectivity index (χ1n) is 7.30. The molecule has 0 bridgehead atoms. The molecule has 4 rings (SSSR count). The molecule has 3 aromatic carbocycles. The minimum Gasteiger partial charge on any atom is -0.382 e. The fraction of sp³-hybridized carbons (Fsp3) is 0.158. The smallest absolute Gasteiger partial charge is 0.0408 e. The normalized spacial score (nSPS) is 16.9. The zero-order chi connectivity index (χ0) is 14.2. The highest BCUT2D eigenvalue weighted by Gasteiger charge is 2.21. The summed E-state index contributed by atoms with van der Waals surface area (Å²) < 4.78 is 0. The quantitative estimate of drug-likeness (QED) is 0.695. The van der Waals surface area contributed by atoms with E-state index in [0.29, 0.717) is 6.04 Å². The summed E-state index contributed by atoms with van der Waals surface area (Å²) in [6.45, 7) is 0. The SMILES string of the molecule is Clc1ccc2c(c1)CC(Nc1ccc3ccccc3c1)C2. The predicted octanol–water partition coefficient (Wildman–Crippen LogP) is 5.07. The second-order valence-corrected chi connectivity index (χ2v) is 6.16. The third kappa shape index (κ3) is 2.50. The minimum atomic E-state index is 0.458. The summed E-state index contributed by atoms with van der Waals surface area (Å²) in [5.74, 6) is 0. The van der Waals surface area contributed by atoms with Gasteiger partial charge in [-0.15, -0.1) is 0 Å². The Morgan fingerprint density at radius 3 is 2.52 bits per heavy atom. The Balaban J connectivity index is 1.56. The van der Waals surface area contributed by atoms with Crippen molar-refractivity contribution in [2.45, 2.75) is 18.9 Å². The van der Waals surface area contributed by atoms with E-state index in [4.69, 9.17) is 11.6 Å². The van der Waals surface area contributed by atoms with E-state index in [1.807, 2.05) is 6.07 Å². The van der Waals surface area contributed by atoms with Gasteiger partial charge in [-0.3, -0.25) is 0 Å². The molecule has 1 unspecified atom stereocenters. The van der Waals surface area contributed by atoms with Crippen molar-refractivity contribution < 1.29 is 0 Å². The first-order valence-corrected chi connectivity index (χ1v) is 7.68. The van der Waals surface area contributed by atoms with Crippen LogP contribution in [0.5, 0.6) is 0 Å². The molecule has 2 heteroatoms. The van der Waals surface area contributed by atoms with Crippen molar-refractivity contribution in [2.24, 2.45) is 0 Å². The van der Waals surface area contributed by atoms with Gasteiger partial charge < -0.3 is 5.32 Å². The fourth-order valence-electron chi connectivity index (χ4n) is 3.20. The first-order chi connectivity index (χ1) is 10.3. The number of halogens is 1. The molecule has 0 radical (unpaired) electrons. The van der Waals surface area contributed by atoms with Gasteiger partial charge in [0.05, 0.1) is 0 Å². The topological polar surface area (TPSA) is 12.0 Å². The van der Waals surface area contributed by atoms with Crippen molar-refractivity contribution in [3.63, 3.8) is 0 Å². The van der Waals surface area contributed by atoms with Gasteiger partial charge in [0.25, 0.3) is 0 Å². The van der Waals surface area contributed by atoms with Crippen LogP contribution in [0.2, 0.25) is 5.02 Å². The predicted molar refractivity (Wildman–Crippen MR) is 90.2 cm³/mol. The molecule has 1 atom stereocenters. The van der Waals surface area contributed by atoms with E-state index in [2.05, 4.69) is 59.9 Å². The second-order valence-electron chi connectivity index (χ2n) is 5.72. The van der Waals surface area contributed by atoms with E-state index in [1.54, 1.807) is 0 Å². The van der Waals surface area contributed by atoms with Crippen molar-refractivity contribution in [3.8, 4) is 0 Å². The van der Waals surface area contributed by atoms with Gasteiger partial charge in [-0.2, -0.15) is 0 Å². The summed E-state index contributed by atoms with van der Waals surface area (Å²) in [7, 11) is 0. The molecule has 21 heavy (non-hydrogen) atoms. The van der Waals surface area contributed by atoms with Crippen LogP contribution < -0.4 is 5.32 Å². The van der Waals surface area contributed by atoms with Gasteiger partial charge in [-0.1, -0.05) is 48.0 Å². The van der Waals surface area contributed by atoms with Crippen LogP contribution in [-0.2, 0) is 12.8 Å². The molecular formula is C19H16ClN. The Kier molecular flexibility index (Phi) is 3.08. The number of hydrogen-bond donors (Lipinski definition) is 1. The average molecular weight is 294 g/mol. The zero-order valence-corrected chi connectivity index (χ0v) is 12.4. The van der Waals surface area contributed by atoms with Crippen LogP contribution in [0.15, 0.2) is 60.7 Å². The Bertz CT molecular complexity index is 810. The third-order valence-electron chi connectivity index (χ3n) is 4.22. The first kappa shape index (κ1) is 12.7. The molecule has 0 saturated heterocycles. The molecule has 104 valence electrons. The van der Waals surface area contributed by atoms with Gasteiger partial charge in [0.2, 0.25) is 0 Å². The van der Waals surface area contributed by atoms with Crippen LogP contribution in [0.4, 0.5) is 5.69 Å². The highest BCUT2D eigenvalue weighted by molar-refractivity contribution is 6.30. The average Bonchev–Trinajstić information content (AvgIpc) is 2.88. The molecule has 0 amide bonds. The molecule has 1 nitrogen and oxygen atoms in total. The highest BCUT2D eigenvalue weighted by Crippen LogP contribution is 2.28. The maximum absolute atomic E-state index is 6.08. The number of hydrogen-bond acceptors (Lipinski definition) is 1. The van der Waals surface area contributed by atoms with Crippen LogP contribution in [0.25, 0.3) is 10.8 Å². The molecule has 0 aromatic heterocycles. The van der Waals surface area contributed by atoms with Crippen LogP contribution in [0.1, 0.15) is 11.1 Å². The van der Waals surface area contributed by atoms with E-state index in [1.165, 1.54) is 27.6 Å².